The number of fused-ring (bicyclic) bond motifs is 1. The third kappa shape index (κ3) is 4.59. The molecule has 0 radical (unpaired) electrons. The van der Waals surface area contributed by atoms with Crippen molar-refractivity contribution in [1.82, 2.24) is 4.57 Å². The van der Waals surface area contributed by atoms with E-state index in [0.29, 0.717) is 37.7 Å². The Morgan fingerprint density at radius 2 is 1.89 bits per heavy atom. The first-order valence-electron chi connectivity index (χ1n) is 11.6. The Hall–Kier alpha value is -4.64. The Balaban J connectivity index is 1.59. The van der Waals surface area contributed by atoms with Crippen LogP contribution in [-0.2, 0) is 9.53 Å². The van der Waals surface area contributed by atoms with Crippen LogP contribution in [0.15, 0.2) is 86.1 Å². The third-order valence-electron chi connectivity index (χ3n) is 5.97. The molecule has 1 aliphatic rings. The molecule has 192 valence electrons. The average molecular weight is 534 g/mol. The van der Waals surface area contributed by atoms with E-state index in [-0.39, 0.29) is 17.9 Å². The van der Waals surface area contributed by atoms with Gasteiger partial charge in [-0.3, -0.25) is 19.5 Å². The number of hydrogen-bond donors (Lipinski definition) is 0. The number of non-ortho nitro benzene ring substituents is 1. The fourth-order valence-corrected chi connectivity index (χ4v) is 5.24. The minimum Gasteiger partial charge on any atom is -0.463 e. The lowest BCUT2D eigenvalue weighted by Gasteiger charge is -2.24. The number of furan rings is 1. The SMILES string of the molecule is CCOC(=O)C1=C(C)N=c2sc(=Cc3ccc(-c4ccc([N+](=O)[O-])cc4)o3)c(=O)n2C1c1ccc(F)cc1. The van der Waals surface area contributed by atoms with E-state index in [0.717, 1.165) is 11.3 Å². The monoisotopic (exact) mass is 533 g/mol. The number of halogens is 1. The third-order valence-corrected chi connectivity index (χ3v) is 6.95. The maximum atomic E-state index is 13.7. The first-order valence-corrected chi connectivity index (χ1v) is 12.4. The van der Waals surface area contributed by atoms with Crippen molar-refractivity contribution in [2.24, 2.45) is 4.99 Å². The second-order valence-electron chi connectivity index (χ2n) is 8.36. The van der Waals surface area contributed by atoms with Gasteiger partial charge in [-0.1, -0.05) is 23.5 Å². The molecule has 0 fully saturated rings. The number of hydrogen-bond acceptors (Lipinski definition) is 8. The molecular weight excluding hydrogens is 513 g/mol. The molecule has 2 aromatic carbocycles. The number of carbonyl (C=O) groups is 1. The highest BCUT2D eigenvalue weighted by atomic mass is 32.1. The molecule has 0 saturated heterocycles. The van der Waals surface area contributed by atoms with Crippen molar-refractivity contribution in [2.75, 3.05) is 6.61 Å². The van der Waals surface area contributed by atoms with Gasteiger partial charge in [0.15, 0.2) is 4.80 Å². The van der Waals surface area contributed by atoms with Crippen LogP contribution in [0, 0.1) is 15.9 Å². The van der Waals surface area contributed by atoms with Crippen molar-refractivity contribution in [3.63, 3.8) is 0 Å². The Bertz CT molecular complexity index is 1760. The number of thiazole rings is 1. The number of rotatable bonds is 6. The summed E-state index contributed by atoms with van der Waals surface area (Å²) in [5.74, 6) is -0.177. The number of esters is 1. The zero-order valence-corrected chi connectivity index (χ0v) is 21.0. The molecule has 0 saturated carbocycles. The van der Waals surface area contributed by atoms with E-state index in [9.17, 15) is 24.1 Å². The highest BCUT2D eigenvalue weighted by Crippen LogP contribution is 2.31. The maximum Gasteiger partial charge on any atom is 0.338 e. The number of allylic oxidation sites excluding steroid dienone is 1. The van der Waals surface area contributed by atoms with E-state index in [1.165, 1.54) is 41.0 Å². The van der Waals surface area contributed by atoms with E-state index in [4.69, 9.17) is 9.15 Å². The summed E-state index contributed by atoms with van der Waals surface area (Å²) in [5, 5.41) is 10.9. The number of nitrogens with zero attached hydrogens (tertiary/aromatic N) is 3. The predicted octanol–water partition coefficient (Wildman–Crippen LogP) is 4.11. The van der Waals surface area contributed by atoms with Gasteiger partial charge in [-0.2, -0.15) is 0 Å². The molecule has 38 heavy (non-hydrogen) atoms. The van der Waals surface area contributed by atoms with Crippen LogP contribution in [0.4, 0.5) is 10.1 Å². The molecule has 0 amide bonds. The van der Waals surface area contributed by atoms with Crippen molar-refractivity contribution < 1.29 is 23.3 Å². The largest absolute Gasteiger partial charge is 0.463 e. The standard InChI is InChI=1S/C27H20FN3O6S/c1-3-36-26(33)23-15(2)29-27-30(24(23)17-4-8-18(28)9-5-17)25(32)22(38-27)14-20-12-13-21(37-20)16-6-10-19(11-7-16)31(34)35/h4-14,24H,3H2,1-2H3. The van der Waals surface area contributed by atoms with Crippen molar-refractivity contribution >= 4 is 29.1 Å². The quantitative estimate of drug-likeness (QED) is 0.209. The number of aromatic nitrogens is 1. The van der Waals surface area contributed by atoms with Crippen LogP contribution >= 0.6 is 11.3 Å². The average Bonchev–Trinajstić information content (AvgIpc) is 3.48. The minimum atomic E-state index is -0.847. The first kappa shape index (κ1) is 25.0. The van der Waals surface area contributed by atoms with E-state index in [1.807, 2.05) is 0 Å². The van der Waals surface area contributed by atoms with Gasteiger partial charge >= 0.3 is 5.97 Å². The molecule has 0 bridgehead atoms. The van der Waals surface area contributed by atoms with Crippen molar-refractivity contribution in [3.05, 3.63) is 119 Å². The molecule has 9 nitrogen and oxygen atoms in total. The highest BCUT2D eigenvalue weighted by molar-refractivity contribution is 7.07. The van der Waals surface area contributed by atoms with Crippen LogP contribution in [0.3, 0.4) is 0 Å². The summed E-state index contributed by atoms with van der Waals surface area (Å²) in [6.45, 7) is 3.50. The lowest BCUT2D eigenvalue weighted by Crippen LogP contribution is -2.39. The van der Waals surface area contributed by atoms with Crippen LogP contribution in [0.5, 0.6) is 0 Å². The number of nitro benzene ring substituents is 1. The Kier molecular flexibility index (Phi) is 6.60. The lowest BCUT2D eigenvalue weighted by atomic mass is 9.96. The number of benzene rings is 2. The van der Waals surface area contributed by atoms with Gasteiger partial charge in [-0.15, -0.1) is 0 Å². The summed E-state index contributed by atoms with van der Waals surface area (Å²) in [7, 11) is 0. The number of ether oxygens (including phenoxy) is 1. The van der Waals surface area contributed by atoms with Gasteiger partial charge in [0.1, 0.15) is 17.3 Å². The Labute approximate surface area is 218 Å². The van der Waals surface area contributed by atoms with Crippen molar-refractivity contribution in [3.8, 4) is 11.3 Å². The van der Waals surface area contributed by atoms with Crippen LogP contribution in [0.2, 0.25) is 0 Å². The normalized spacial score (nSPS) is 15.2. The van der Waals surface area contributed by atoms with Gasteiger partial charge in [0.2, 0.25) is 0 Å². The smallest absolute Gasteiger partial charge is 0.338 e. The molecule has 3 heterocycles. The van der Waals surface area contributed by atoms with Gasteiger partial charge in [0, 0.05) is 23.8 Å². The topological polar surface area (TPSA) is 117 Å². The second-order valence-corrected chi connectivity index (χ2v) is 9.37. The number of nitro groups is 1. The van der Waals surface area contributed by atoms with Crippen molar-refractivity contribution in [1.29, 1.82) is 0 Å². The summed E-state index contributed by atoms with van der Waals surface area (Å²) in [6.07, 6.45) is 1.57. The summed E-state index contributed by atoms with van der Waals surface area (Å²) in [5.41, 5.74) is 1.36. The molecule has 1 atom stereocenters. The van der Waals surface area contributed by atoms with Gasteiger partial charge in [-0.05, 0) is 55.8 Å². The Morgan fingerprint density at radius 3 is 2.55 bits per heavy atom. The lowest BCUT2D eigenvalue weighted by molar-refractivity contribution is -0.384. The van der Waals surface area contributed by atoms with E-state index in [2.05, 4.69) is 4.99 Å². The van der Waals surface area contributed by atoms with E-state index < -0.39 is 28.3 Å². The second kappa shape index (κ2) is 10.0. The van der Waals surface area contributed by atoms with E-state index >= 15 is 0 Å². The van der Waals surface area contributed by atoms with Crippen molar-refractivity contribution in [2.45, 2.75) is 19.9 Å². The van der Waals surface area contributed by atoms with Crippen LogP contribution in [-0.4, -0.2) is 22.1 Å². The van der Waals surface area contributed by atoms with Crippen LogP contribution in [0.1, 0.15) is 31.2 Å². The maximum absolute atomic E-state index is 13.7. The fraction of sp³-hybridized carbons (Fsp3) is 0.148. The molecule has 1 aliphatic heterocycles. The van der Waals surface area contributed by atoms with Crippen LogP contribution in [0.25, 0.3) is 17.4 Å². The summed E-state index contributed by atoms with van der Waals surface area (Å²) in [6, 6.07) is 14.1. The Morgan fingerprint density at radius 1 is 1.18 bits per heavy atom. The molecular formula is C27H20FN3O6S. The first-order chi connectivity index (χ1) is 18.3. The summed E-state index contributed by atoms with van der Waals surface area (Å²) >= 11 is 1.13. The molecule has 0 spiro atoms. The van der Waals surface area contributed by atoms with Gasteiger partial charge in [-0.25, -0.2) is 14.2 Å². The minimum absolute atomic E-state index is 0.0326. The fourth-order valence-electron chi connectivity index (χ4n) is 4.21. The molecule has 11 heteroatoms. The van der Waals surface area contributed by atoms with Gasteiger partial charge in [0.05, 0.1) is 33.4 Å². The van der Waals surface area contributed by atoms with E-state index in [1.54, 1.807) is 44.2 Å². The van der Waals surface area contributed by atoms with Gasteiger partial charge in [0.25, 0.3) is 11.2 Å². The zero-order valence-electron chi connectivity index (χ0n) is 20.2. The molecule has 2 aromatic heterocycles. The summed E-state index contributed by atoms with van der Waals surface area (Å²) < 4.78 is 26.5. The zero-order chi connectivity index (χ0) is 27.0. The van der Waals surface area contributed by atoms with Crippen LogP contribution < -0.4 is 14.9 Å². The molecule has 5 rings (SSSR count). The number of carbonyl (C=O) groups excluding carboxylic acids is 1. The van der Waals surface area contributed by atoms with Gasteiger partial charge < -0.3 is 9.15 Å². The molecule has 0 aliphatic carbocycles. The summed E-state index contributed by atoms with van der Waals surface area (Å²) in [4.78, 5) is 41.8. The molecule has 1 unspecified atom stereocenters. The highest BCUT2D eigenvalue weighted by Gasteiger charge is 2.33. The predicted molar refractivity (Wildman–Crippen MR) is 138 cm³/mol. The molecule has 0 N–H and O–H groups in total. The molecule has 4 aromatic rings.